The summed E-state index contributed by atoms with van der Waals surface area (Å²) in [7, 11) is -1.49. The third-order valence-electron chi connectivity index (χ3n) is 3.93. The molecule has 0 aliphatic heterocycles. The van der Waals surface area contributed by atoms with Crippen molar-refractivity contribution >= 4 is 15.8 Å². The first-order valence-electron chi connectivity index (χ1n) is 8.37. The number of sulfone groups is 1. The van der Waals surface area contributed by atoms with Gasteiger partial charge in [0.05, 0.1) is 4.90 Å². The van der Waals surface area contributed by atoms with Gasteiger partial charge in [0.15, 0.2) is 15.8 Å². The molecule has 0 saturated heterocycles. The van der Waals surface area contributed by atoms with E-state index in [1.165, 1.54) is 12.3 Å². The van der Waals surface area contributed by atoms with Gasteiger partial charge in [-0.15, -0.1) is 0 Å². The molecule has 0 aromatic heterocycles. The first-order chi connectivity index (χ1) is 12.4. The maximum atomic E-state index is 13.6. The molecule has 140 valence electrons. The molecule has 0 fully saturated rings. The second kappa shape index (κ2) is 9.33. The van der Waals surface area contributed by atoms with Gasteiger partial charge in [-0.05, 0) is 42.2 Å². The van der Waals surface area contributed by atoms with E-state index >= 15 is 0 Å². The molecule has 2 aromatic carbocycles. The molecule has 0 saturated carbocycles. The van der Waals surface area contributed by atoms with Gasteiger partial charge in [-0.3, -0.25) is 4.99 Å². The number of hydrogen-bond donors (Lipinski definition) is 2. The lowest BCUT2D eigenvalue weighted by Crippen LogP contribution is -2.39. The molecule has 5 nitrogen and oxygen atoms in total. The average molecular weight is 377 g/mol. The zero-order valence-corrected chi connectivity index (χ0v) is 15.8. The van der Waals surface area contributed by atoms with Gasteiger partial charge < -0.3 is 10.6 Å². The normalized spacial score (nSPS) is 12.0. The second-order valence-electron chi connectivity index (χ2n) is 5.93. The molecule has 2 N–H and O–H groups in total. The quantitative estimate of drug-likeness (QED) is 0.573. The fourth-order valence-electron chi connectivity index (χ4n) is 2.47. The van der Waals surface area contributed by atoms with Crippen LogP contribution in [0.25, 0.3) is 0 Å². The number of nitrogens with one attached hydrogen (secondary N) is 2. The Balaban J connectivity index is 1.76. The van der Waals surface area contributed by atoms with E-state index in [2.05, 4.69) is 15.6 Å². The zero-order chi connectivity index (χ0) is 19.0. The lowest BCUT2D eigenvalue weighted by molar-refractivity contribution is 0.601. The van der Waals surface area contributed by atoms with E-state index in [4.69, 9.17) is 0 Å². The first kappa shape index (κ1) is 19.9. The van der Waals surface area contributed by atoms with Crippen molar-refractivity contribution in [2.24, 2.45) is 4.99 Å². The van der Waals surface area contributed by atoms with Gasteiger partial charge in [-0.25, -0.2) is 12.8 Å². The van der Waals surface area contributed by atoms with E-state index in [1.54, 1.807) is 31.3 Å². The van der Waals surface area contributed by atoms with Crippen LogP contribution in [0.4, 0.5) is 4.39 Å². The molecular weight excluding hydrogens is 353 g/mol. The summed E-state index contributed by atoms with van der Waals surface area (Å²) >= 11 is 0. The van der Waals surface area contributed by atoms with Crippen molar-refractivity contribution < 1.29 is 12.8 Å². The highest BCUT2D eigenvalue weighted by Crippen LogP contribution is 2.10. The number of nitrogens with zero attached hydrogens (tertiary/aromatic N) is 1. The Labute approximate surface area is 154 Å². The largest absolute Gasteiger partial charge is 0.356 e. The van der Waals surface area contributed by atoms with Crippen molar-refractivity contribution in [3.05, 3.63) is 65.5 Å². The Morgan fingerprint density at radius 1 is 1.00 bits per heavy atom. The van der Waals surface area contributed by atoms with E-state index in [0.29, 0.717) is 35.9 Å². The molecule has 26 heavy (non-hydrogen) atoms. The summed E-state index contributed by atoms with van der Waals surface area (Å²) < 4.78 is 36.5. The molecule has 0 unspecified atom stereocenters. The highest BCUT2D eigenvalue weighted by Gasteiger charge is 2.06. The predicted octanol–water partition coefficient (Wildman–Crippen LogP) is 2.18. The van der Waals surface area contributed by atoms with E-state index in [-0.39, 0.29) is 5.82 Å². The number of aliphatic imine (C=N–C) groups is 1. The van der Waals surface area contributed by atoms with Crippen molar-refractivity contribution in [3.8, 4) is 0 Å². The van der Waals surface area contributed by atoms with E-state index in [1.807, 2.05) is 18.2 Å². The molecule has 0 bridgehead atoms. The van der Waals surface area contributed by atoms with Gasteiger partial charge in [-0.1, -0.05) is 30.3 Å². The summed E-state index contributed by atoms with van der Waals surface area (Å²) in [5.41, 5.74) is 1.70. The minimum atomic E-state index is -3.17. The standard InChI is InChI=1S/C19H24FN3O2S/c1-21-19(23-14-12-16-5-3-4-6-18(16)20)22-13-11-15-7-9-17(10-8-15)26(2,24)25/h3-10H,11-14H2,1-2H3,(H2,21,22,23). The molecule has 0 aliphatic rings. The molecule has 0 aliphatic carbocycles. The summed E-state index contributed by atoms with van der Waals surface area (Å²) in [6.45, 7) is 1.22. The van der Waals surface area contributed by atoms with Gasteiger partial charge >= 0.3 is 0 Å². The van der Waals surface area contributed by atoms with Crippen molar-refractivity contribution in [1.82, 2.24) is 10.6 Å². The van der Waals surface area contributed by atoms with Crippen LogP contribution in [0, 0.1) is 5.82 Å². The fourth-order valence-corrected chi connectivity index (χ4v) is 3.10. The van der Waals surface area contributed by atoms with Crippen molar-refractivity contribution in [2.45, 2.75) is 17.7 Å². The van der Waals surface area contributed by atoms with Gasteiger partial charge in [-0.2, -0.15) is 0 Å². The Bertz CT molecular complexity index is 849. The molecule has 2 rings (SSSR count). The highest BCUT2D eigenvalue weighted by molar-refractivity contribution is 7.90. The molecule has 2 aromatic rings. The van der Waals surface area contributed by atoms with Crippen LogP contribution in [0.5, 0.6) is 0 Å². The predicted molar refractivity (Wildman–Crippen MR) is 103 cm³/mol. The zero-order valence-electron chi connectivity index (χ0n) is 15.0. The van der Waals surface area contributed by atoms with Crippen LogP contribution in [0.15, 0.2) is 58.4 Å². The fraction of sp³-hybridized carbons (Fsp3) is 0.316. The molecule has 0 atom stereocenters. The Morgan fingerprint density at radius 3 is 2.19 bits per heavy atom. The molecular formula is C19H24FN3O2S. The van der Waals surface area contributed by atoms with Crippen LogP contribution in [-0.2, 0) is 22.7 Å². The SMILES string of the molecule is CN=C(NCCc1ccc(S(C)(=O)=O)cc1)NCCc1ccccc1F. The summed E-state index contributed by atoms with van der Waals surface area (Å²) in [5.74, 6) is 0.448. The minimum absolute atomic E-state index is 0.199. The molecule has 7 heteroatoms. The van der Waals surface area contributed by atoms with Gasteiger partial charge in [0, 0.05) is 26.4 Å². The van der Waals surface area contributed by atoms with E-state index in [0.717, 1.165) is 12.0 Å². The molecule has 0 heterocycles. The second-order valence-corrected chi connectivity index (χ2v) is 7.95. The monoisotopic (exact) mass is 377 g/mol. The lowest BCUT2D eigenvalue weighted by Gasteiger charge is -2.12. The van der Waals surface area contributed by atoms with Gasteiger partial charge in [0.2, 0.25) is 0 Å². The van der Waals surface area contributed by atoms with Crippen LogP contribution in [0.1, 0.15) is 11.1 Å². The number of guanidine groups is 1. The topological polar surface area (TPSA) is 70.6 Å². The number of halogens is 1. The Kier molecular flexibility index (Phi) is 7.15. The Hall–Kier alpha value is -2.41. The summed E-state index contributed by atoms with van der Waals surface area (Å²) in [6, 6.07) is 13.6. The Morgan fingerprint density at radius 2 is 1.62 bits per heavy atom. The van der Waals surface area contributed by atoms with Crippen LogP contribution in [0.2, 0.25) is 0 Å². The molecule has 0 radical (unpaired) electrons. The average Bonchev–Trinajstić information content (AvgIpc) is 2.61. The summed E-state index contributed by atoms with van der Waals surface area (Å²) in [6.07, 6.45) is 2.50. The smallest absolute Gasteiger partial charge is 0.190 e. The van der Waals surface area contributed by atoms with Gasteiger partial charge in [0.25, 0.3) is 0 Å². The summed E-state index contributed by atoms with van der Waals surface area (Å²) in [4.78, 5) is 4.46. The first-order valence-corrected chi connectivity index (χ1v) is 10.3. The summed E-state index contributed by atoms with van der Waals surface area (Å²) in [5, 5.41) is 6.34. The van der Waals surface area contributed by atoms with E-state index in [9.17, 15) is 12.8 Å². The molecule has 0 amide bonds. The van der Waals surface area contributed by atoms with Crippen molar-refractivity contribution in [2.75, 3.05) is 26.4 Å². The third-order valence-corrected chi connectivity index (χ3v) is 5.05. The number of rotatable bonds is 7. The van der Waals surface area contributed by atoms with Crippen LogP contribution in [0.3, 0.4) is 0 Å². The van der Waals surface area contributed by atoms with E-state index < -0.39 is 9.84 Å². The highest BCUT2D eigenvalue weighted by atomic mass is 32.2. The van der Waals surface area contributed by atoms with Crippen LogP contribution in [-0.4, -0.2) is 40.8 Å². The number of benzene rings is 2. The van der Waals surface area contributed by atoms with Crippen molar-refractivity contribution in [1.29, 1.82) is 0 Å². The maximum Gasteiger partial charge on any atom is 0.190 e. The van der Waals surface area contributed by atoms with Crippen LogP contribution < -0.4 is 10.6 Å². The van der Waals surface area contributed by atoms with Crippen molar-refractivity contribution in [3.63, 3.8) is 0 Å². The molecule has 0 spiro atoms. The lowest BCUT2D eigenvalue weighted by atomic mass is 10.1. The van der Waals surface area contributed by atoms with Gasteiger partial charge in [0.1, 0.15) is 5.82 Å². The minimum Gasteiger partial charge on any atom is -0.356 e. The maximum absolute atomic E-state index is 13.6. The van der Waals surface area contributed by atoms with Crippen LogP contribution >= 0.6 is 0 Å². The number of hydrogen-bond acceptors (Lipinski definition) is 3. The third kappa shape index (κ3) is 6.15.